The summed E-state index contributed by atoms with van der Waals surface area (Å²) >= 11 is 0. The van der Waals surface area contributed by atoms with Crippen LogP contribution in [-0.4, -0.2) is 23.4 Å². The Bertz CT molecular complexity index is 1670. The van der Waals surface area contributed by atoms with Gasteiger partial charge in [-0.25, -0.2) is 4.79 Å². The highest BCUT2D eigenvalue weighted by molar-refractivity contribution is 5.95. The molecule has 5 aliphatic carbocycles. The molecule has 2 aromatic carbocycles. The molecule has 4 saturated carbocycles. The highest BCUT2D eigenvalue weighted by atomic mass is 16.5. The van der Waals surface area contributed by atoms with Gasteiger partial charge < -0.3 is 4.74 Å². The van der Waals surface area contributed by atoms with Crippen LogP contribution in [0.5, 0.6) is 0 Å². The van der Waals surface area contributed by atoms with Gasteiger partial charge in [-0.05, 0) is 128 Å². The van der Waals surface area contributed by atoms with E-state index in [0.29, 0.717) is 6.42 Å². The van der Waals surface area contributed by atoms with E-state index >= 15 is 0 Å². The first kappa shape index (κ1) is 34.2. The average molecular weight is 662 g/mol. The van der Waals surface area contributed by atoms with Crippen LogP contribution in [0.3, 0.4) is 0 Å². The summed E-state index contributed by atoms with van der Waals surface area (Å²) in [6, 6.07) is 20.1. The van der Waals surface area contributed by atoms with Crippen LogP contribution in [0, 0.1) is 50.7 Å². The molecule has 0 N–H and O–H groups in total. The van der Waals surface area contributed by atoms with E-state index in [1.54, 1.807) is 0 Å². The first-order chi connectivity index (χ1) is 23.2. The molecule has 0 spiro atoms. The van der Waals surface area contributed by atoms with Crippen LogP contribution < -0.4 is 0 Å². The molecule has 5 aliphatic rings. The third-order valence-corrected chi connectivity index (χ3v) is 15.9. The third-order valence-electron chi connectivity index (χ3n) is 15.9. The lowest BCUT2D eigenvalue weighted by Crippen LogP contribution is -2.67. The summed E-state index contributed by atoms with van der Waals surface area (Å²) in [6.07, 6.45) is 11.9. The lowest BCUT2D eigenvalue weighted by Gasteiger charge is -2.70. The van der Waals surface area contributed by atoms with Gasteiger partial charge in [-0.3, -0.25) is 9.59 Å². The zero-order chi connectivity index (χ0) is 35.0. The Hall–Kier alpha value is -3.30. The van der Waals surface area contributed by atoms with Gasteiger partial charge in [0.15, 0.2) is 11.9 Å². The van der Waals surface area contributed by atoms with Gasteiger partial charge >= 0.3 is 5.97 Å². The van der Waals surface area contributed by atoms with Gasteiger partial charge in [0.1, 0.15) is 0 Å². The summed E-state index contributed by atoms with van der Waals surface area (Å²) < 4.78 is 6.52. The third kappa shape index (κ3) is 4.92. The van der Waals surface area contributed by atoms with Crippen molar-refractivity contribution in [2.45, 2.75) is 118 Å². The summed E-state index contributed by atoms with van der Waals surface area (Å²) in [5.74, 6) is 0.549. The summed E-state index contributed by atoms with van der Waals surface area (Å²) in [4.78, 5) is 45.5. The number of ether oxygens (including phenoxy) is 1. The second kappa shape index (κ2) is 11.6. The summed E-state index contributed by atoms with van der Waals surface area (Å²) in [7, 11) is 0. The smallest absolute Gasteiger partial charge is 0.312 e. The van der Waals surface area contributed by atoms with Crippen molar-refractivity contribution < 1.29 is 19.1 Å². The van der Waals surface area contributed by atoms with E-state index in [2.05, 4.69) is 59.5 Å². The number of benzene rings is 2. The fourth-order valence-corrected chi connectivity index (χ4v) is 12.3. The Morgan fingerprint density at radius 3 is 2.06 bits per heavy atom. The molecule has 0 heterocycles. The zero-order valence-electron chi connectivity index (χ0n) is 30.7. The predicted molar refractivity (Wildman–Crippen MR) is 192 cm³/mol. The predicted octanol–water partition coefficient (Wildman–Crippen LogP) is 10.0. The van der Waals surface area contributed by atoms with Crippen molar-refractivity contribution in [3.63, 3.8) is 0 Å². The van der Waals surface area contributed by atoms with Crippen molar-refractivity contribution in [1.29, 1.82) is 0 Å². The minimum atomic E-state index is -0.663. The van der Waals surface area contributed by atoms with Crippen molar-refractivity contribution in [1.82, 2.24) is 0 Å². The molecule has 260 valence electrons. The normalized spacial score (nSPS) is 42.8. The van der Waals surface area contributed by atoms with Crippen molar-refractivity contribution in [3.8, 4) is 0 Å². The fraction of sp³-hybridized carbons (Fsp3) is 0.614. The Labute approximate surface area is 293 Å². The Balaban J connectivity index is 1.23. The number of rotatable bonds is 5. The average Bonchev–Trinajstić information content (AvgIpc) is 3.08. The number of hydrogen-bond acceptors (Lipinski definition) is 5. The molecule has 0 radical (unpaired) electrons. The van der Waals surface area contributed by atoms with Crippen LogP contribution in [0.2, 0.25) is 0 Å². The van der Waals surface area contributed by atoms with Gasteiger partial charge in [-0.15, -0.1) is 0 Å². The number of fused-ring (bicyclic) bond motifs is 7. The molecule has 4 fully saturated rings. The number of isocyanates is 1. The molecular formula is C44H55NO4. The number of nitrogens with zero attached hydrogens (tertiary/aromatic N) is 1. The van der Waals surface area contributed by atoms with Crippen LogP contribution >= 0.6 is 0 Å². The van der Waals surface area contributed by atoms with E-state index in [-0.39, 0.29) is 57.1 Å². The van der Waals surface area contributed by atoms with Crippen molar-refractivity contribution in [3.05, 3.63) is 83.4 Å². The molecule has 0 amide bonds. The van der Waals surface area contributed by atoms with E-state index in [0.717, 1.165) is 62.5 Å². The van der Waals surface area contributed by atoms with Crippen molar-refractivity contribution >= 4 is 17.8 Å². The Kier molecular flexibility index (Phi) is 8.10. The number of allylic oxidation sites excluding steroid dienone is 2. The molecule has 0 unspecified atom stereocenters. The quantitative estimate of drug-likeness (QED) is 0.182. The van der Waals surface area contributed by atoms with Crippen molar-refractivity contribution in [2.75, 3.05) is 0 Å². The minimum Gasteiger partial charge on any atom is -0.452 e. The van der Waals surface area contributed by atoms with Gasteiger partial charge in [-0.2, -0.15) is 4.99 Å². The van der Waals surface area contributed by atoms with E-state index in [1.165, 1.54) is 5.57 Å². The van der Waals surface area contributed by atoms with Crippen LogP contribution in [-0.2, 0) is 19.1 Å². The highest BCUT2D eigenvalue weighted by Crippen LogP contribution is 2.75. The summed E-state index contributed by atoms with van der Waals surface area (Å²) in [5, 5.41) is 0. The van der Waals surface area contributed by atoms with Gasteiger partial charge in [0, 0.05) is 5.92 Å². The zero-order valence-corrected chi connectivity index (χ0v) is 30.7. The molecule has 0 bridgehead atoms. The minimum absolute atomic E-state index is 0.0332. The molecule has 7 rings (SSSR count). The van der Waals surface area contributed by atoms with Crippen LogP contribution in [0.15, 0.2) is 77.3 Å². The topological polar surface area (TPSA) is 72.8 Å². The molecule has 0 aromatic heterocycles. The molecule has 0 aliphatic heterocycles. The maximum absolute atomic E-state index is 14.8. The van der Waals surface area contributed by atoms with Crippen molar-refractivity contribution in [2.24, 2.45) is 55.7 Å². The number of carbonyl (C=O) groups is 2. The van der Waals surface area contributed by atoms with E-state index < -0.39 is 17.1 Å². The van der Waals surface area contributed by atoms with Crippen LogP contribution in [0.4, 0.5) is 0 Å². The molecular weight excluding hydrogens is 606 g/mol. The molecule has 0 saturated heterocycles. The Morgan fingerprint density at radius 1 is 0.837 bits per heavy atom. The second-order valence-corrected chi connectivity index (χ2v) is 18.2. The molecule has 5 nitrogen and oxygen atoms in total. The maximum atomic E-state index is 14.8. The van der Waals surface area contributed by atoms with E-state index in [1.807, 2.05) is 66.7 Å². The molecule has 5 heteroatoms. The first-order valence-corrected chi connectivity index (χ1v) is 18.8. The lowest BCUT2D eigenvalue weighted by atomic mass is 9.33. The Morgan fingerprint density at radius 2 is 1.45 bits per heavy atom. The first-order valence-electron chi connectivity index (χ1n) is 18.8. The SMILES string of the molecule is C[C@H]1CC[C@@]2(C)[C@@H](CC[C@]3(C)[C@@H]2C(=O)C=C2[C@@H]4C[C@@](C)(C(=O)OC(c5ccccc5)c5ccccc5)CC[C@]4(C)CC[C@]23C)[C@]1(C)N=C=O. The molecule has 10 atom stereocenters. The standard InChI is InChI=1S/C44H55NO4/c1-29-18-20-41(4)35(44(29,7)45-28-46)19-21-43(6)37(41)34(47)26-32-33-27-40(3,23-22-39(33,2)24-25-42(32,43)5)38(48)49-36(30-14-10-8-11-15-30)31-16-12-9-13-17-31/h8-17,26,29,33,35-37H,18-25,27H2,1-7H3/t29-,33-,35+,37+,39+,40-,41-,42+,43+,44+/m0/s1. The summed E-state index contributed by atoms with van der Waals surface area (Å²) in [6.45, 7) is 16.0. The number of carbonyl (C=O) groups excluding carboxylic acids is 3. The van der Waals surface area contributed by atoms with Crippen LogP contribution in [0.25, 0.3) is 0 Å². The second-order valence-electron chi connectivity index (χ2n) is 18.2. The van der Waals surface area contributed by atoms with E-state index in [9.17, 15) is 14.4 Å². The number of ketones is 1. The monoisotopic (exact) mass is 661 g/mol. The van der Waals surface area contributed by atoms with Gasteiger partial charge in [0.2, 0.25) is 6.08 Å². The molecule has 49 heavy (non-hydrogen) atoms. The van der Waals surface area contributed by atoms with Gasteiger partial charge in [-0.1, -0.05) is 101 Å². The number of hydrogen-bond donors (Lipinski definition) is 0. The summed E-state index contributed by atoms with van der Waals surface area (Å²) in [5.41, 5.74) is 1.46. The molecule has 2 aromatic rings. The highest BCUT2D eigenvalue weighted by Gasteiger charge is 2.70. The largest absolute Gasteiger partial charge is 0.452 e. The number of esters is 1. The maximum Gasteiger partial charge on any atom is 0.312 e. The fourth-order valence-electron chi connectivity index (χ4n) is 12.3. The van der Waals surface area contributed by atoms with E-state index in [4.69, 9.17) is 4.74 Å². The lowest BCUT2D eigenvalue weighted by molar-refractivity contribution is -0.183. The van der Waals surface area contributed by atoms with Gasteiger partial charge in [0.25, 0.3) is 0 Å². The van der Waals surface area contributed by atoms with Gasteiger partial charge in [0.05, 0.1) is 11.0 Å². The number of aliphatic imine (C=N–C) groups is 1. The van der Waals surface area contributed by atoms with Crippen LogP contribution in [0.1, 0.15) is 123 Å².